The van der Waals surface area contributed by atoms with Crippen molar-refractivity contribution in [2.45, 2.75) is 6.36 Å². The molecule has 4 nitrogen and oxygen atoms in total. The van der Waals surface area contributed by atoms with E-state index in [9.17, 15) is 13.2 Å². The first kappa shape index (κ1) is 14.1. The lowest BCUT2D eigenvalue weighted by Gasteiger charge is -2.09. The Kier molecular flexibility index (Phi) is 3.54. The smallest absolute Gasteiger partial charge is 0.406 e. The molecule has 0 saturated heterocycles. The third kappa shape index (κ3) is 3.25. The van der Waals surface area contributed by atoms with Gasteiger partial charge in [0, 0.05) is 5.56 Å². The van der Waals surface area contributed by atoms with Crippen molar-refractivity contribution in [3.8, 4) is 28.3 Å². The summed E-state index contributed by atoms with van der Waals surface area (Å²) in [6.45, 7) is 0. The SMILES string of the molecule is FC(F)(F)Oc1ccc(-c2cccc(-c3ncn[nH]3)c2)cc1. The number of aromatic amines is 1. The van der Waals surface area contributed by atoms with E-state index < -0.39 is 6.36 Å². The van der Waals surface area contributed by atoms with Crippen molar-refractivity contribution >= 4 is 0 Å². The van der Waals surface area contributed by atoms with Gasteiger partial charge in [0.05, 0.1) is 0 Å². The van der Waals surface area contributed by atoms with Gasteiger partial charge in [-0.25, -0.2) is 4.98 Å². The Morgan fingerprint density at radius 2 is 1.64 bits per heavy atom. The molecule has 7 heteroatoms. The van der Waals surface area contributed by atoms with E-state index in [-0.39, 0.29) is 5.75 Å². The largest absolute Gasteiger partial charge is 0.573 e. The molecule has 0 aliphatic rings. The Morgan fingerprint density at radius 1 is 0.909 bits per heavy atom. The van der Waals surface area contributed by atoms with Crippen LogP contribution in [0, 0.1) is 0 Å². The molecule has 0 aliphatic heterocycles. The molecular weight excluding hydrogens is 295 g/mol. The summed E-state index contributed by atoms with van der Waals surface area (Å²) in [6.07, 6.45) is -3.28. The minimum Gasteiger partial charge on any atom is -0.406 e. The second kappa shape index (κ2) is 5.51. The Bertz CT molecular complexity index is 752. The molecule has 0 aliphatic carbocycles. The number of halogens is 3. The summed E-state index contributed by atoms with van der Waals surface area (Å²) in [7, 11) is 0. The number of H-pyrrole nitrogens is 1. The van der Waals surface area contributed by atoms with Crippen molar-refractivity contribution < 1.29 is 17.9 Å². The molecule has 112 valence electrons. The number of benzene rings is 2. The number of aromatic nitrogens is 3. The first-order valence-corrected chi connectivity index (χ1v) is 6.33. The van der Waals surface area contributed by atoms with Crippen LogP contribution in [-0.4, -0.2) is 21.5 Å². The lowest BCUT2D eigenvalue weighted by Crippen LogP contribution is -2.16. The van der Waals surface area contributed by atoms with E-state index in [0.29, 0.717) is 5.82 Å². The van der Waals surface area contributed by atoms with E-state index in [2.05, 4.69) is 19.9 Å². The fourth-order valence-corrected chi connectivity index (χ4v) is 2.04. The molecule has 0 fully saturated rings. The fourth-order valence-electron chi connectivity index (χ4n) is 2.04. The number of alkyl halides is 3. The topological polar surface area (TPSA) is 50.8 Å². The van der Waals surface area contributed by atoms with Gasteiger partial charge in [0.15, 0.2) is 5.82 Å². The number of ether oxygens (including phenoxy) is 1. The van der Waals surface area contributed by atoms with Gasteiger partial charge in [-0.1, -0.05) is 30.3 Å². The van der Waals surface area contributed by atoms with E-state index in [1.165, 1.54) is 18.5 Å². The number of rotatable bonds is 3. The van der Waals surface area contributed by atoms with Gasteiger partial charge in [0.2, 0.25) is 0 Å². The van der Waals surface area contributed by atoms with Crippen LogP contribution in [0.3, 0.4) is 0 Å². The van der Waals surface area contributed by atoms with Crippen molar-refractivity contribution in [1.82, 2.24) is 15.2 Å². The average Bonchev–Trinajstić information content (AvgIpc) is 3.01. The van der Waals surface area contributed by atoms with Gasteiger partial charge in [-0.3, -0.25) is 5.10 Å². The van der Waals surface area contributed by atoms with Crippen molar-refractivity contribution in [2.24, 2.45) is 0 Å². The first-order chi connectivity index (χ1) is 10.5. The summed E-state index contributed by atoms with van der Waals surface area (Å²) in [4.78, 5) is 4.06. The molecule has 2 aromatic carbocycles. The zero-order valence-electron chi connectivity index (χ0n) is 11.1. The minimum atomic E-state index is -4.69. The quantitative estimate of drug-likeness (QED) is 0.794. The van der Waals surface area contributed by atoms with Crippen LogP contribution in [0.2, 0.25) is 0 Å². The molecule has 0 saturated carbocycles. The van der Waals surface area contributed by atoms with Crippen LogP contribution < -0.4 is 4.74 Å². The molecule has 1 N–H and O–H groups in total. The second-order valence-electron chi connectivity index (χ2n) is 4.49. The number of nitrogens with zero attached hydrogens (tertiary/aromatic N) is 2. The van der Waals surface area contributed by atoms with Gasteiger partial charge in [-0.15, -0.1) is 13.2 Å². The average molecular weight is 305 g/mol. The molecule has 1 heterocycles. The number of hydrogen-bond donors (Lipinski definition) is 1. The molecule has 0 amide bonds. The summed E-state index contributed by atoms with van der Waals surface area (Å²) in [5.74, 6) is 0.376. The van der Waals surface area contributed by atoms with Gasteiger partial charge in [0.25, 0.3) is 0 Å². The predicted molar refractivity (Wildman–Crippen MR) is 73.9 cm³/mol. The van der Waals surface area contributed by atoms with Crippen LogP contribution in [0.15, 0.2) is 54.9 Å². The third-order valence-corrected chi connectivity index (χ3v) is 2.97. The molecule has 3 rings (SSSR count). The third-order valence-electron chi connectivity index (χ3n) is 2.97. The van der Waals surface area contributed by atoms with Crippen LogP contribution in [0.4, 0.5) is 13.2 Å². The summed E-state index contributed by atoms with van der Waals surface area (Å²) in [5.41, 5.74) is 2.47. The molecule has 3 aromatic rings. The zero-order valence-corrected chi connectivity index (χ0v) is 11.1. The Hall–Kier alpha value is -2.83. The van der Waals surface area contributed by atoms with Crippen molar-refractivity contribution in [3.63, 3.8) is 0 Å². The predicted octanol–water partition coefficient (Wildman–Crippen LogP) is 4.04. The summed E-state index contributed by atoms with van der Waals surface area (Å²) < 4.78 is 40.3. The Labute approximate surface area is 123 Å². The van der Waals surface area contributed by atoms with Crippen LogP contribution in [0.1, 0.15) is 0 Å². The fraction of sp³-hybridized carbons (Fsp3) is 0.0667. The zero-order chi connectivity index (χ0) is 15.6. The molecule has 0 atom stereocenters. The van der Waals surface area contributed by atoms with E-state index in [0.717, 1.165) is 16.7 Å². The Balaban J connectivity index is 1.87. The van der Waals surface area contributed by atoms with Crippen LogP contribution in [0.25, 0.3) is 22.5 Å². The van der Waals surface area contributed by atoms with E-state index in [4.69, 9.17) is 0 Å². The van der Waals surface area contributed by atoms with Gasteiger partial charge in [0.1, 0.15) is 12.1 Å². The number of hydrogen-bond acceptors (Lipinski definition) is 3. The molecule has 0 radical (unpaired) electrons. The Morgan fingerprint density at radius 3 is 2.27 bits per heavy atom. The second-order valence-corrected chi connectivity index (χ2v) is 4.49. The van der Waals surface area contributed by atoms with Crippen molar-refractivity contribution in [1.29, 1.82) is 0 Å². The van der Waals surface area contributed by atoms with E-state index >= 15 is 0 Å². The molecule has 0 unspecified atom stereocenters. The maximum absolute atomic E-state index is 12.1. The molecule has 1 aromatic heterocycles. The van der Waals surface area contributed by atoms with Crippen molar-refractivity contribution in [2.75, 3.05) is 0 Å². The molecular formula is C15H10F3N3O. The maximum atomic E-state index is 12.1. The summed E-state index contributed by atoms with van der Waals surface area (Å²) in [6, 6.07) is 13.1. The number of nitrogens with one attached hydrogen (secondary N) is 1. The van der Waals surface area contributed by atoms with Crippen LogP contribution in [0.5, 0.6) is 5.75 Å². The van der Waals surface area contributed by atoms with Gasteiger partial charge in [-0.2, -0.15) is 5.10 Å². The van der Waals surface area contributed by atoms with Gasteiger partial charge >= 0.3 is 6.36 Å². The van der Waals surface area contributed by atoms with E-state index in [1.807, 2.05) is 24.3 Å². The standard InChI is InChI=1S/C15H10F3N3O/c16-15(17,18)22-13-6-4-10(5-7-13)11-2-1-3-12(8-11)14-19-9-20-21-14/h1-9H,(H,19,20,21). The maximum Gasteiger partial charge on any atom is 0.573 e. The first-order valence-electron chi connectivity index (χ1n) is 6.33. The lowest BCUT2D eigenvalue weighted by atomic mass is 10.0. The highest BCUT2D eigenvalue weighted by atomic mass is 19.4. The monoisotopic (exact) mass is 305 g/mol. The normalized spacial score (nSPS) is 11.4. The summed E-state index contributed by atoms with van der Waals surface area (Å²) >= 11 is 0. The highest BCUT2D eigenvalue weighted by Crippen LogP contribution is 2.28. The van der Waals surface area contributed by atoms with Gasteiger partial charge in [-0.05, 0) is 29.3 Å². The lowest BCUT2D eigenvalue weighted by molar-refractivity contribution is -0.274. The van der Waals surface area contributed by atoms with Crippen LogP contribution >= 0.6 is 0 Å². The summed E-state index contributed by atoms with van der Waals surface area (Å²) in [5, 5.41) is 6.55. The minimum absolute atomic E-state index is 0.248. The van der Waals surface area contributed by atoms with Crippen molar-refractivity contribution in [3.05, 3.63) is 54.9 Å². The highest BCUT2D eigenvalue weighted by Gasteiger charge is 2.30. The van der Waals surface area contributed by atoms with Crippen LogP contribution in [-0.2, 0) is 0 Å². The molecule has 0 spiro atoms. The molecule has 22 heavy (non-hydrogen) atoms. The van der Waals surface area contributed by atoms with E-state index in [1.54, 1.807) is 12.1 Å². The van der Waals surface area contributed by atoms with Gasteiger partial charge < -0.3 is 4.74 Å². The highest BCUT2D eigenvalue weighted by molar-refractivity contribution is 5.70. The molecule has 0 bridgehead atoms.